The number of hydrazone groups is 1. The lowest BCUT2D eigenvalue weighted by atomic mass is 10.2. The van der Waals surface area contributed by atoms with Crippen molar-refractivity contribution in [2.24, 2.45) is 5.10 Å². The highest BCUT2D eigenvalue weighted by atomic mass is 79.9. The minimum atomic E-state index is -4.11. The van der Waals surface area contributed by atoms with E-state index in [4.69, 9.17) is 9.47 Å². The van der Waals surface area contributed by atoms with E-state index in [0.717, 1.165) is 14.3 Å². The number of rotatable bonds is 9. The predicted octanol–water partition coefficient (Wildman–Crippen LogP) is 3.81. The van der Waals surface area contributed by atoms with Gasteiger partial charge >= 0.3 is 0 Å². The number of anilines is 1. The van der Waals surface area contributed by atoms with E-state index in [0.29, 0.717) is 11.5 Å². The average Bonchev–Trinajstić information content (AvgIpc) is 2.83. The van der Waals surface area contributed by atoms with E-state index >= 15 is 0 Å². The molecular formula is C23H22BrN3O5S. The molecule has 33 heavy (non-hydrogen) atoms. The Labute approximate surface area is 201 Å². The smallest absolute Gasteiger partial charge is 0.264 e. The number of halogens is 1. The Morgan fingerprint density at radius 3 is 2.30 bits per heavy atom. The number of para-hydroxylation sites is 2. The maximum absolute atomic E-state index is 13.5. The first-order valence-corrected chi connectivity index (χ1v) is 12.0. The van der Waals surface area contributed by atoms with Gasteiger partial charge in [0.1, 0.15) is 18.0 Å². The number of benzene rings is 3. The Morgan fingerprint density at radius 2 is 1.67 bits per heavy atom. The van der Waals surface area contributed by atoms with Gasteiger partial charge in [-0.1, -0.05) is 40.2 Å². The van der Waals surface area contributed by atoms with E-state index in [-0.39, 0.29) is 10.6 Å². The molecule has 172 valence electrons. The van der Waals surface area contributed by atoms with Crippen molar-refractivity contribution in [2.75, 3.05) is 25.1 Å². The molecule has 0 fully saturated rings. The van der Waals surface area contributed by atoms with E-state index in [1.54, 1.807) is 24.3 Å². The van der Waals surface area contributed by atoms with Crippen LogP contribution >= 0.6 is 15.9 Å². The SMILES string of the molecule is COc1ccc(S(=O)(=O)N(CC(=O)N/N=C\c2ccc(Br)cc2)c2ccccc2OC)cc1. The summed E-state index contributed by atoms with van der Waals surface area (Å²) in [4.78, 5) is 12.7. The topological polar surface area (TPSA) is 97.3 Å². The number of amides is 1. The van der Waals surface area contributed by atoms with E-state index in [1.807, 2.05) is 24.3 Å². The molecule has 0 aliphatic heterocycles. The maximum Gasteiger partial charge on any atom is 0.264 e. The van der Waals surface area contributed by atoms with Gasteiger partial charge < -0.3 is 9.47 Å². The number of carbonyl (C=O) groups excluding carboxylic acids is 1. The molecule has 0 spiro atoms. The molecule has 10 heteroatoms. The monoisotopic (exact) mass is 531 g/mol. The molecule has 8 nitrogen and oxygen atoms in total. The summed E-state index contributed by atoms with van der Waals surface area (Å²) in [7, 11) is -1.19. The average molecular weight is 532 g/mol. The lowest BCUT2D eigenvalue weighted by molar-refractivity contribution is -0.119. The van der Waals surface area contributed by atoms with Crippen molar-refractivity contribution in [2.45, 2.75) is 4.90 Å². The number of methoxy groups -OCH3 is 2. The lowest BCUT2D eigenvalue weighted by Gasteiger charge is -2.25. The third-order valence-electron chi connectivity index (χ3n) is 4.56. The summed E-state index contributed by atoms with van der Waals surface area (Å²) in [5.41, 5.74) is 3.37. The summed E-state index contributed by atoms with van der Waals surface area (Å²) in [6, 6.07) is 19.8. The molecule has 0 saturated carbocycles. The molecule has 1 amide bonds. The molecule has 0 bridgehead atoms. The van der Waals surface area contributed by atoms with Crippen LogP contribution in [0.3, 0.4) is 0 Å². The van der Waals surface area contributed by atoms with Gasteiger partial charge in [0.25, 0.3) is 15.9 Å². The molecule has 0 aliphatic rings. The number of carbonyl (C=O) groups is 1. The summed E-state index contributed by atoms with van der Waals surface area (Å²) in [5.74, 6) is 0.199. The zero-order valence-corrected chi connectivity index (χ0v) is 20.3. The van der Waals surface area contributed by atoms with Crippen LogP contribution in [-0.2, 0) is 14.8 Å². The maximum atomic E-state index is 13.5. The second kappa shape index (κ2) is 11.0. The van der Waals surface area contributed by atoms with Crippen LogP contribution in [0.25, 0.3) is 0 Å². The van der Waals surface area contributed by atoms with Crippen molar-refractivity contribution in [1.82, 2.24) is 5.43 Å². The molecule has 0 unspecified atom stereocenters. The fourth-order valence-electron chi connectivity index (χ4n) is 2.90. The second-order valence-electron chi connectivity index (χ2n) is 6.70. The van der Waals surface area contributed by atoms with E-state index in [9.17, 15) is 13.2 Å². The zero-order chi connectivity index (χ0) is 23.8. The third-order valence-corrected chi connectivity index (χ3v) is 6.86. The van der Waals surface area contributed by atoms with Crippen LogP contribution in [0, 0.1) is 0 Å². The van der Waals surface area contributed by atoms with Crippen molar-refractivity contribution < 1.29 is 22.7 Å². The summed E-state index contributed by atoms with van der Waals surface area (Å²) in [6.07, 6.45) is 1.47. The van der Waals surface area contributed by atoms with E-state index < -0.39 is 22.5 Å². The first-order valence-electron chi connectivity index (χ1n) is 9.72. The van der Waals surface area contributed by atoms with Gasteiger partial charge in [-0.3, -0.25) is 9.10 Å². The van der Waals surface area contributed by atoms with Gasteiger partial charge in [0.15, 0.2) is 0 Å². The first kappa shape index (κ1) is 24.3. The summed E-state index contributed by atoms with van der Waals surface area (Å²) in [5, 5.41) is 3.93. The second-order valence-corrected chi connectivity index (χ2v) is 9.48. The third kappa shape index (κ3) is 6.11. The normalized spacial score (nSPS) is 11.2. The molecule has 0 radical (unpaired) electrons. The summed E-state index contributed by atoms with van der Waals surface area (Å²) < 4.78 is 39.3. The van der Waals surface area contributed by atoms with Crippen molar-refractivity contribution >= 4 is 43.8 Å². The standard InChI is InChI=1S/C23H22BrN3O5S/c1-31-19-11-13-20(14-12-19)33(29,30)27(21-5-3-4-6-22(21)32-2)16-23(28)26-25-15-17-7-9-18(24)10-8-17/h3-15H,16H2,1-2H3,(H,26,28)/b25-15-. The van der Waals surface area contributed by atoms with E-state index in [2.05, 4.69) is 26.5 Å². The van der Waals surface area contributed by atoms with Crippen molar-refractivity contribution in [3.63, 3.8) is 0 Å². The van der Waals surface area contributed by atoms with E-state index in [1.165, 1.54) is 44.7 Å². The van der Waals surface area contributed by atoms with Gasteiger partial charge in [-0.05, 0) is 54.1 Å². The van der Waals surface area contributed by atoms with Crippen LogP contribution < -0.4 is 19.2 Å². The Hall–Kier alpha value is -3.37. The van der Waals surface area contributed by atoms with Crippen LogP contribution in [0.2, 0.25) is 0 Å². The number of sulfonamides is 1. The van der Waals surface area contributed by atoms with Crippen LogP contribution in [-0.4, -0.2) is 41.3 Å². The molecule has 0 atom stereocenters. The quantitative estimate of drug-likeness (QED) is 0.334. The highest BCUT2D eigenvalue weighted by Crippen LogP contribution is 2.32. The number of hydrogen-bond donors (Lipinski definition) is 1. The number of nitrogens with one attached hydrogen (secondary N) is 1. The van der Waals surface area contributed by atoms with Gasteiger partial charge in [0.2, 0.25) is 0 Å². The predicted molar refractivity (Wildman–Crippen MR) is 130 cm³/mol. The zero-order valence-electron chi connectivity index (χ0n) is 17.9. The largest absolute Gasteiger partial charge is 0.497 e. The fourth-order valence-corrected chi connectivity index (χ4v) is 4.60. The van der Waals surface area contributed by atoms with Gasteiger partial charge in [0.05, 0.1) is 31.0 Å². The fraction of sp³-hybridized carbons (Fsp3) is 0.130. The van der Waals surface area contributed by atoms with Gasteiger partial charge in [0, 0.05) is 4.47 Å². The van der Waals surface area contributed by atoms with Gasteiger partial charge in [-0.15, -0.1) is 0 Å². The van der Waals surface area contributed by atoms with Crippen molar-refractivity contribution in [3.8, 4) is 11.5 Å². The molecule has 1 N–H and O–H groups in total. The van der Waals surface area contributed by atoms with Crippen molar-refractivity contribution in [1.29, 1.82) is 0 Å². The Morgan fingerprint density at radius 1 is 1.00 bits per heavy atom. The Bertz CT molecular complexity index is 1230. The summed E-state index contributed by atoms with van der Waals surface area (Å²) in [6.45, 7) is -0.508. The van der Waals surface area contributed by atoms with Gasteiger partial charge in [-0.25, -0.2) is 13.8 Å². The number of ether oxygens (including phenoxy) is 2. The van der Waals surface area contributed by atoms with Crippen molar-refractivity contribution in [3.05, 3.63) is 82.8 Å². The number of hydrogen-bond acceptors (Lipinski definition) is 6. The van der Waals surface area contributed by atoms with Crippen LogP contribution in [0.4, 0.5) is 5.69 Å². The highest BCUT2D eigenvalue weighted by molar-refractivity contribution is 9.10. The Balaban J connectivity index is 1.88. The lowest BCUT2D eigenvalue weighted by Crippen LogP contribution is -2.39. The molecule has 3 aromatic carbocycles. The highest BCUT2D eigenvalue weighted by Gasteiger charge is 2.29. The summed E-state index contributed by atoms with van der Waals surface area (Å²) >= 11 is 3.35. The molecule has 0 heterocycles. The van der Waals surface area contributed by atoms with Crippen LogP contribution in [0.5, 0.6) is 11.5 Å². The molecule has 3 rings (SSSR count). The minimum Gasteiger partial charge on any atom is -0.497 e. The first-order chi connectivity index (χ1) is 15.8. The molecule has 0 aromatic heterocycles. The van der Waals surface area contributed by atoms with Gasteiger partial charge in [-0.2, -0.15) is 5.10 Å². The Kier molecular flexibility index (Phi) is 8.07. The van der Waals surface area contributed by atoms with Crippen LogP contribution in [0.15, 0.2) is 87.3 Å². The molecule has 0 saturated heterocycles. The number of nitrogens with zero attached hydrogens (tertiary/aromatic N) is 2. The molecule has 3 aromatic rings. The molecular weight excluding hydrogens is 510 g/mol. The minimum absolute atomic E-state index is 0.000342. The van der Waals surface area contributed by atoms with Crippen LogP contribution in [0.1, 0.15) is 5.56 Å². The molecule has 0 aliphatic carbocycles.